The fourth-order valence-electron chi connectivity index (χ4n) is 9.92. The predicted molar refractivity (Wildman–Crippen MR) is 401 cm³/mol. The Bertz CT molecular complexity index is 5120. The molecule has 0 radical (unpaired) electrons. The topological polar surface area (TPSA) is 348 Å². The van der Waals surface area contributed by atoms with E-state index in [9.17, 15) is 52.2 Å². The minimum atomic E-state index is -0.603. The maximum absolute atomic E-state index is 14.3. The molecule has 0 unspecified atom stereocenters. The van der Waals surface area contributed by atoms with Crippen LogP contribution in [0.5, 0.6) is 5.88 Å². The number of methoxy groups -OCH3 is 1. The van der Waals surface area contributed by atoms with E-state index in [1.165, 1.54) is 123 Å². The SMILES string of the molecule is CC(C)c1[nH]c(=O)c(-c2cc(Cl)ccc2F)cc1N.CC(C)c1[nH]c(=O)c(-c2cc(Cl)ccc2F)cc1Nc1ccnc(N)c1.CC(C)c1[nH]c(=O)c(-c2cc(Cl)ccc2F)cc1Nc1ccnc([N+](=O)[O-])c1.COc1nc(C(C)C)c(N)cc1-c1cc(Cl)ccc1F.O=[N+]([O-])c1cc(Cl)ccn1. The van der Waals surface area contributed by atoms with Gasteiger partial charge in [0.15, 0.2) is 0 Å². The number of aromatic amines is 3. The number of nitrogens with two attached hydrogens (primary N) is 3. The summed E-state index contributed by atoms with van der Waals surface area (Å²) in [6.07, 6.45) is 4.18. The highest BCUT2D eigenvalue weighted by Gasteiger charge is 2.22. The number of pyridine rings is 7. The molecule has 0 saturated heterocycles. The van der Waals surface area contributed by atoms with Crippen molar-refractivity contribution in [1.82, 2.24) is 34.9 Å². The van der Waals surface area contributed by atoms with E-state index in [0.29, 0.717) is 99.1 Å². The number of nitrogen functional groups attached to an aromatic ring is 3. The van der Waals surface area contributed by atoms with E-state index in [0.717, 1.165) is 5.69 Å². The number of benzene rings is 4. The molecule has 0 atom stereocenters. The van der Waals surface area contributed by atoms with Crippen molar-refractivity contribution in [3.63, 3.8) is 0 Å². The normalized spacial score (nSPS) is 10.8. The van der Waals surface area contributed by atoms with E-state index in [-0.39, 0.29) is 79.8 Å². The van der Waals surface area contributed by atoms with Gasteiger partial charge in [0.1, 0.15) is 41.5 Å². The van der Waals surface area contributed by atoms with Crippen LogP contribution in [0.3, 0.4) is 0 Å². The minimum Gasteiger partial charge on any atom is -0.481 e. The van der Waals surface area contributed by atoms with Gasteiger partial charge in [-0.1, -0.05) is 113 Å². The first-order valence-corrected chi connectivity index (χ1v) is 32.9. The Labute approximate surface area is 612 Å². The molecule has 11 rings (SSSR count). The van der Waals surface area contributed by atoms with E-state index in [1.54, 1.807) is 36.5 Å². The van der Waals surface area contributed by atoms with Gasteiger partial charge in [-0.3, -0.25) is 14.4 Å². The Morgan fingerprint density at radius 2 is 0.777 bits per heavy atom. The number of anilines is 7. The highest BCUT2D eigenvalue weighted by atomic mass is 35.5. The highest BCUT2D eigenvalue weighted by Crippen LogP contribution is 2.38. The van der Waals surface area contributed by atoms with Gasteiger partial charge in [-0.2, -0.15) is 0 Å². The molecule has 11 N–H and O–H groups in total. The average Bonchev–Trinajstić information content (AvgIpc) is 0.809. The first kappa shape index (κ1) is 79.4. The van der Waals surface area contributed by atoms with Crippen LogP contribution in [0.1, 0.15) is 102 Å². The zero-order chi connectivity index (χ0) is 75.8. The lowest BCUT2D eigenvalue weighted by Gasteiger charge is -2.16. The number of rotatable bonds is 15. The Morgan fingerprint density at radius 1 is 0.427 bits per heavy atom. The quantitative estimate of drug-likeness (QED) is 0.0268. The summed E-state index contributed by atoms with van der Waals surface area (Å²) in [6.45, 7) is 15.5. The molecule has 0 aliphatic rings. The van der Waals surface area contributed by atoms with E-state index >= 15 is 0 Å². The number of halogens is 9. The van der Waals surface area contributed by atoms with E-state index in [4.69, 9.17) is 79.9 Å². The molecule has 22 nitrogen and oxygen atoms in total. The fourth-order valence-corrected chi connectivity index (χ4v) is 10.8. The van der Waals surface area contributed by atoms with E-state index in [1.807, 2.05) is 55.4 Å². The zero-order valence-electron chi connectivity index (χ0n) is 56.3. The molecule has 7 heterocycles. The summed E-state index contributed by atoms with van der Waals surface area (Å²) in [4.78, 5) is 80.7. The standard InChI is InChI=1S/C19H16ClFN4O3.C19H18ClFN4O.C15H16ClFN2O.C14H14ClFN2O.C5H3ClN2O2/c1-10(2)18-16(23-12-5-6-22-17(8-12)25(27)28)9-14(19(26)24-18)13-7-11(20)3-4-15(13)21;1-10(2)18-16(24-12-5-6-23-17(22)8-12)9-14(19(26)25-18)13-7-11(20)3-4-15(13)21;1-8(2)14-13(18)7-11(15(19-14)20-3)10-6-9(16)4-5-12(10)17;1-7(2)13-12(17)6-10(14(19)18-13)9-5-8(15)3-4-11(9)16;6-4-1-2-7-5(3-4)8(9)10/h3-10H,1-2H3,(H,22,23)(H,24,26);3-10H,1-2H3,(H,25,26)(H3,22,23,24);4-8H,18H2,1-3H3;3-7H,17H2,1-2H3,(H,18,19);1-3H. The van der Waals surface area contributed by atoms with Crippen LogP contribution in [0.2, 0.25) is 25.1 Å². The van der Waals surface area contributed by atoms with Gasteiger partial charge in [-0.05, 0) is 147 Å². The van der Waals surface area contributed by atoms with Crippen LogP contribution in [0.4, 0.5) is 69.1 Å². The molecular formula is C72H67Cl5F4N14O8. The summed E-state index contributed by atoms with van der Waals surface area (Å²) in [5.41, 5.74) is 23.9. The smallest absolute Gasteiger partial charge is 0.365 e. The van der Waals surface area contributed by atoms with E-state index < -0.39 is 38.7 Å². The van der Waals surface area contributed by atoms with Crippen molar-refractivity contribution in [1.29, 1.82) is 0 Å². The predicted octanol–water partition coefficient (Wildman–Crippen LogP) is 19.1. The Morgan fingerprint density at radius 3 is 1.15 bits per heavy atom. The molecule has 0 aliphatic heterocycles. The van der Waals surface area contributed by atoms with Crippen molar-refractivity contribution >= 4 is 110 Å². The molecule has 0 amide bonds. The molecule has 0 fully saturated rings. The third-order valence-corrected chi connectivity index (χ3v) is 16.0. The Kier molecular flexibility index (Phi) is 27.5. The van der Waals surface area contributed by atoms with Gasteiger partial charge in [0.05, 0.1) is 75.1 Å². The van der Waals surface area contributed by atoms with Crippen LogP contribution in [-0.2, 0) is 0 Å². The molecular weight excluding hydrogens is 1440 g/mol. The van der Waals surface area contributed by atoms with Crippen LogP contribution in [0.15, 0.2) is 166 Å². The van der Waals surface area contributed by atoms with Crippen molar-refractivity contribution in [2.75, 3.05) is 34.9 Å². The van der Waals surface area contributed by atoms with E-state index in [2.05, 4.69) is 45.5 Å². The molecule has 31 heteroatoms. The van der Waals surface area contributed by atoms with Gasteiger partial charge in [0.25, 0.3) is 16.7 Å². The summed E-state index contributed by atoms with van der Waals surface area (Å²) in [7, 11) is 1.49. The van der Waals surface area contributed by atoms with Gasteiger partial charge in [-0.15, -0.1) is 0 Å². The maximum Gasteiger partial charge on any atom is 0.365 e. The van der Waals surface area contributed by atoms with Crippen LogP contribution in [0, 0.1) is 43.5 Å². The lowest BCUT2D eigenvalue weighted by Crippen LogP contribution is -2.15. The summed E-state index contributed by atoms with van der Waals surface area (Å²) in [5, 5.41) is 29.0. The number of hydrogen-bond donors (Lipinski definition) is 8. The van der Waals surface area contributed by atoms with Crippen molar-refractivity contribution in [3.05, 3.63) is 274 Å². The highest BCUT2D eigenvalue weighted by molar-refractivity contribution is 6.32. The molecule has 11 aromatic rings. The van der Waals surface area contributed by atoms with Gasteiger partial charge < -0.3 is 67.8 Å². The van der Waals surface area contributed by atoms with Crippen LogP contribution in [-0.4, -0.2) is 51.8 Å². The third-order valence-electron chi connectivity index (χ3n) is 14.8. The first-order valence-electron chi connectivity index (χ1n) is 31.0. The number of H-pyrrole nitrogens is 3. The molecule has 0 bridgehead atoms. The second-order valence-electron chi connectivity index (χ2n) is 23.7. The number of nitrogens with zero attached hydrogens (tertiary/aromatic N) is 6. The van der Waals surface area contributed by atoms with Crippen molar-refractivity contribution in [2.45, 2.75) is 79.1 Å². The number of ether oxygens (including phenoxy) is 1. The second kappa shape index (κ2) is 35.6. The monoisotopic (exact) mass is 1510 g/mol. The van der Waals surface area contributed by atoms with Gasteiger partial charge in [0, 0.05) is 95.1 Å². The van der Waals surface area contributed by atoms with Crippen LogP contribution in [0.25, 0.3) is 44.5 Å². The Hall–Kier alpha value is -10.9. The number of aromatic nitrogens is 7. The second-order valence-corrected chi connectivity index (χ2v) is 25.8. The maximum atomic E-state index is 14.3. The molecule has 0 aliphatic carbocycles. The molecule has 0 spiro atoms. The minimum absolute atomic E-state index is 0.0441. The summed E-state index contributed by atoms with van der Waals surface area (Å²) >= 11 is 29.1. The van der Waals surface area contributed by atoms with Gasteiger partial charge in [-0.25, -0.2) is 27.5 Å². The first-order chi connectivity index (χ1) is 48.6. The lowest BCUT2D eigenvalue weighted by molar-refractivity contribution is -0.389. The number of nitrogens with one attached hydrogen (secondary N) is 5. The average molecular weight is 1510 g/mol. The molecule has 7 aromatic heterocycles. The summed E-state index contributed by atoms with van der Waals surface area (Å²) < 4.78 is 61.5. The van der Waals surface area contributed by atoms with Crippen molar-refractivity contribution in [2.24, 2.45) is 0 Å². The summed E-state index contributed by atoms with van der Waals surface area (Å²) in [5.74, 6) is -1.63. The molecule has 103 heavy (non-hydrogen) atoms. The van der Waals surface area contributed by atoms with Gasteiger partial charge >= 0.3 is 11.6 Å². The van der Waals surface area contributed by atoms with Crippen LogP contribution < -0.4 is 49.2 Å². The molecule has 0 saturated carbocycles. The molecule has 4 aromatic carbocycles. The fraction of sp³-hybridized carbons (Fsp3) is 0.181. The van der Waals surface area contributed by atoms with Gasteiger partial charge in [0.2, 0.25) is 5.88 Å². The zero-order valence-corrected chi connectivity index (χ0v) is 60.1. The van der Waals surface area contributed by atoms with Crippen LogP contribution >= 0.6 is 58.0 Å². The summed E-state index contributed by atoms with van der Waals surface area (Å²) in [6, 6.07) is 31.7. The number of hydrogen-bond acceptors (Lipinski definition) is 17. The lowest BCUT2D eigenvalue weighted by atomic mass is 10.0. The largest absolute Gasteiger partial charge is 0.481 e. The van der Waals surface area contributed by atoms with Crippen molar-refractivity contribution in [3.8, 4) is 50.4 Å². The molecule has 536 valence electrons. The third kappa shape index (κ3) is 21.1. The number of nitro groups is 2. The van der Waals surface area contributed by atoms with Crippen molar-refractivity contribution < 1.29 is 32.1 Å². The Balaban J connectivity index is 0.000000186.